The summed E-state index contributed by atoms with van der Waals surface area (Å²) in [7, 11) is 0. The molecule has 1 aromatic heterocycles. The minimum atomic E-state index is -0.906. The first-order valence-electron chi connectivity index (χ1n) is 6.28. The molecule has 0 atom stereocenters. The summed E-state index contributed by atoms with van der Waals surface area (Å²) < 4.78 is 0. The van der Waals surface area contributed by atoms with Gasteiger partial charge in [0.05, 0.1) is 5.69 Å². The van der Waals surface area contributed by atoms with E-state index in [-0.39, 0.29) is 0 Å². The minimum absolute atomic E-state index is 0.329. The van der Waals surface area contributed by atoms with Crippen molar-refractivity contribution in [2.75, 3.05) is 11.6 Å². The van der Waals surface area contributed by atoms with Gasteiger partial charge in [0.2, 0.25) is 0 Å². The molecule has 0 saturated carbocycles. The number of hydrogen-bond donors (Lipinski definition) is 2. The van der Waals surface area contributed by atoms with Crippen LogP contribution in [0.25, 0.3) is 0 Å². The molecule has 0 radical (unpaired) electrons. The van der Waals surface area contributed by atoms with Crippen LogP contribution in [0.15, 0.2) is 29.2 Å². The highest BCUT2D eigenvalue weighted by atomic mass is 32.2. The van der Waals surface area contributed by atoms with Crippen molar-refractivity contribution in [2.45, 2.75) is 24.7 Å². The van der Waals surface area contributed by atoms with E-state index in [0.29, 0.717) is 22.1 Å². The third kappa shape index (κ3) is 3.52. The number of rotatable bonds is 6. The van der Waals surface area contributed by atoms with Crippen molar-refractivity contribution in [1.29, 1.82) is 0 Å². The first kappa shape index (κ1) is 14.9. The third-order valence-corrected chi connectivity index (χ3v) is 4.43. The summed E-state index contributed by atoms with van der Waals surface area (Å²) in [5, 5.41) is 13.0. The van der Waals surface area contributed by atoms with Crippen molar-refractivity contribution in [3.63, 3.8) is 0 Å². The number of nitrogens with zero attached hydrogens (tertiary/aromatic N) is 1. The lowest BCUT2D eigenvalue weighted by molar-refractivity contribution is 0.0700. The highest BCUT2D eigenvalue weighted by Gasteiger charge is 2.16. The van der Waals surface area contributed by atoms with E-state index in [9.17, 15) is 9.90 Å². The smallest absolute Gasteiger partial charge is 0.347 e. The zero-order valence-electron chi connectivity index (χ0n) is 11.3. The van der Waals surface area contributed by atoms with Crippen LogP contribution < -0.4 is 5.32 Å². The number of carboxylic acids is 1. The number of hydrogen-bond acceptors (Lipinski definition) is 5. The standard InChI is InChI=1S/C14H16N2O2S2/c1-3-5-11-12(13(17)18)20-14(16-11)15-9-6-4-7-10(8-9)19-2/h4,6-8H,3,5H2,1-2H3,(H,15,16)(H,17,18). The monoisotopic (exact) mass is 308 g/mol. The van der Waals surface area contributed by atoms with E-state index in [1.54, 1.807) is 11.8 Å². The van der Waals surface area contributed by atoms with E-state index in [2.05, 4.69) is 10.3 Å². The van der Waals surface area contributed by atoms with Crippen molar-refractivity contribution in [1.82, 2.24) is 4.98 Å². The van der Waals surface area contributed by atoms with Crippen LogP contribution in [0.3, 0.4) is 0 Å². The van der Waals surface area contributed by atoms with Crippen LogP contribution in [-0.2, 0) is 6.42 Å². The topological polar surface area (TPSA) is 62.2 Å². The molecule has 0 aliphatic heterocycles. The number of thioether (sulfide) groups is 1. The minimum Gasteiger partial charge on any atom is -0.477 e. The van der Waals surface area contributed by atoms with Gasteiger partial charge in [0.1, 0.15) is 4.88 Å². The number of thiazole rings is 1. The quantitative estimate of drug-likeness (QED) is 0.781. The molecule has 0 unspecified atom stereocenters. The Balaban J connectivity index is 2.24. The van der Waals surface area contributed by atoms with Crippen LogP contribution in [0, 0.1) is 0 Å². The molecule has 0 amide bonds. The van der Waals surface area contributed by atoms with E-state index in [4.69, 9.17) is 0 Å². The van der Waals surface area contributed by atoms with Gasteiger partial charge in [-0.1, -0.05) is 30.7 Å². The number of aromatic carboxylic acids is 1. The van der Waals surface area contributed by atoms with Crippen LogP contribution in [0.2, 0.25) is 0 Å². The van der Waals surface area contributed by atoms with Crippen molar-refractivity contribution >= 4 is 39.9 Å². The number of benzene rings is 1. The molecule has 1 aromatic carbocycles. The summed E-state index contributed by atoms with van der Waals surface area (Å²) in [5.41, 5.74) is 1.58. The summed E-state index contributed by atoms with van der Waals surface area (Å²) in [6.07, 6.45) is 3.58. The second-order valence-electron chi connectivity index (χ2n) is 4.21. The molecule has 2 rings (SSSR count). The molecule has 0 bridgehead atoms. The zero-order valence-corrected chi connectivity index (χ0v) is 13.0. The predicted molar refractivity (Wildman–Crippen MR) is 84.6 cm³/mol. The largest absolute Gasteiger partial charge is 0.477 e. The van der Waals surface area contributed by atoms with Crippen molar-refractivity contribution < 1.29 is 9.90 Å². The molecule has 1 heterocycles. The van der Waals surface area contributed by atoms with E-state index in [1.165, 1.54) is 11.3 Å². The predicted octanol–water partition coefficient (Wildman–Crippen LogP) is 4.26. The molecule has 0 spiro atoms. The van der Waals surface area contributed by atoms with Gasteiger partial charge in [-0.2, -0.15) is 0 Å². The molecule has 2 N–H and O–H groups in total. The summed E-state index contributed by atoms with van der Waals surface area (Å²) in [5.74, 6) is -0.906. The fraction of sp³-hybridized carbons (Fsp3) is 0.286. The Labute approximate surface area is 126 Å². The van der Waals surface area contributed by atoms with E-state index in [0.717, 1.165) is 17.0 Å². The summed E-state index contributed by atoms with van der Waals surface area (Å²) in [6.45, 7) is 2.01. The number of carboxylic acid groups (broad SMARTS) is 1. The van der Waals surface area contributed by atoms with E-state index < -0.39 is 5.97 Å². The Morgan fingerprint density at radius 3 is 2.95 bits per heavy atom. The molecule has 6 heteroatoms. The molecule has 4 nitrogen and oxygen atoms in total. The number of carbonyl (C=O) groups is 1. The molecule has 0 aliphatic carbocycles. The maximum atomic E-state index is 11.2. The number of aromatic nitrogens is 1. The van der Waals surface area contributed by atoms with Gasteiger partial charge < -0.3 is 10.4 Å². The average molecular weight is 308 g/mol. The number of anilines is 2. The molecule has 106 valence electrons. The molecule has 2 aromatic rings. The van der Waals surface area contributed by atoms with Gasteiger partial charge in [-0.15, -0.1) is 11.8 Å². The molecule has 0 saturated heterocycles. The maximum absolute atomic E-state index is 11.2. The lowest BCUT2D eigenvalue weighted by Crippen LogP contribution is -1.98. The highest BCUT2D eigenvalue weighted by Crippen LogP contribution is 2.28. The fourth-order valence-electron chi connectivity index (χ4n) is 1.80. The van der Waals surface area contributed by atoms with Crippen LogP contribution in [0.5, 0.6) is 0 Å². The lowest BCUT2D eigenvalue weighted by atomic mass is 10.2. The number of aryl methyl sites for hydroxylation is 1. The average Bonchev–Trinajstić information content (AvgIpc) is 2.82. The normalized spacial score (nSPS) is 10.5. The van der Waals surface area contributed by atoms with Crippen molar-refractivity contribution in [2.24, 2.45) is 0 Å². The van der Waals surface area contributed by atoms with Gasteiger partial charge in [0, 0.05) is 10.6 Å². The van der Waals surface area contributed by atoms with Crippen LogP contribution in [0.1, 0.15) is 28.7 Å². The van der Waals surface area contributed by atoms with Gasteiger partial charge >= 0.3 is 5.97 Å². The molecule has 0 aliphatic rings. The Kier molecular flexibility index (Phi) is 5.03. The maximum Gasteiger partial charge on any atom is 0.347 e. The lowest BCUT2D eigenvalue weighted by Gasteiger charge is -2.03. The van der Waals surface area contributed by atoms with Crippen molar-refractivity contribution in [3.8, 4) is 0 Å². The first-order valence-corrected chi connectivity index (χ1v) is 8.32. The van der Waals surface area contributed by atoms with Gasteiger partial charge in [0.15, 0.2) is 5.13 Å². The van der Waals surface area contributed by atoms with Gasteiger partial charge in [-0.3, -0.25) is 0 Å². The van der Waals surface area contributed by atoms with Gasteiger partial charge in [-0.05, 0) is 30.9 Å². The Hall–Kier alpha value is -1.53. The first-order chi connectivity index (χ1) is 9.63. The van der Waals surface area contributed by atoms with E-state index in [1.807, 2.05) is 37.4 Å². The summed E-state index contributed by atoms with van der Waals surface area (Å²) >= 11 is 2.85. The number of nitrogens with one attached hydrogen (secondary N) is 1. The third-order valence-electron chi connectivity index (χ3n) is 2.70. The summed E-state index contributed by atoms with van der Waals surface area (Å²) in [4.78, 5) is 17.1. The molecular formula is C14H16N2O2S2. The second kappa shape index (κ2) is 6.76. The van der Waals surface area contributed by atoms with Crippen LogP contribution in [-0.4, -0.2) is 22.3 Å². The van der Waals surface area contributed by atoms with Crippen LogP contribution >= 0.6 is 23.1 Å². The van der Waals surface area contributed by atoms with Gasteiger partial charge in [-0.25, -0.2) is 9.78 Å². The highest BCUT2D eigenvalue weighted by molar-refractivity contribution is 7.98. The molecule has 20 heavy (non-hydrogen) atoms. The Bertz CT molecular complexity index is 611. The van der Waals surface area contributed by atoms with Gasteiger partial charge in [0.25, 0.3) is 0 Å². The van der Waals surface area contributed by atoms with Crippen LogP contribution in [0.4, 0.5) is 10.8 Å². The molecule has 0 fully saturated rings. The van der Waals surface area contributed by atoms with Crippen molar-refractivity contribution in [3.05, 3.63) is 34.8 Å². The Morgan fingerprint density at radius 1 is 1.50 bits per heavy atom. The summed E-state index contributed by atoms with van der Waals surface area (Å²) in [6, 6.07) is 7.96. The molecular weight excluding hydrogens is 292 g/mol. The zero-order chi connectivity index (χ0) is 14.5. The second-order valence-corrected chi connectivity index (χ2v) is 6.09. The SMILES string of the molecule is CCCc1nc(Nc2cccc(SC)c2)sc1C(=O)O. The van der Waals surface area contributed by atoms with E-state index >= 15 is 0 Å². The fourth-order valence-corrected chi connectivity index (χ4v) is 3.13. The Morgan fingerprint density at radius 2 is 2.30 bits per heavy atom.